The van der Waals surface area contributed by atoms with E-state index in [4.69, 9.17) is 19.6 Å². The summed E-state index contributed by atoms with van der Waals surface area (Å²) < 4.78 is 16.4. The van der Waals surface area contributed by atoms with E-state index in [1.165, 1.54) is 0 Å². The van der Waals surface area contributed by atoms with Crippen LogP contribution in [0.4, 0.5) is 0 Å². The fourth-order valence-electron chi connectivity index (χ4n) is 2.75. The number of benzene rings is 1. The van der Waals surface area contributed by atoms with Crippen LogP contribution >= 0.6 is 0 Å². The number of rotatable bonds is 4. The third-order valence-electron chi connectivity index (χ3n) is 4.04. The van der Waals surface area contributed by atoms with Crippen molar-refractivity contribution in [3.63, 3.8) is 0 Å². The van der Waals surface area contributed by atoms with E-state index in [0.717, 1.165) is 33.8 Å². The Morgan fingerprint density at radius 3 is 2.00 bits per heavy atom. The molecule has 0 radical (unpaired) electrons. The van der Waals surface area contributed by atoms with E-state index in [9.17, 15) is 0 Å². The van der Waals surface area contributed by atoms with Gasteiger partial charge in [-0.25, -0.2) is 0 Å². The number of nitrogens with two attached hydrogens (primary N) is 1. The molecule has 0 spiro atoms. The van der Waals surface area contributed by atoms with Crippen molar-refractivity contribution in [1.29, 1.82) is 0 Å². The number of hydrogen-bond donors (Lipinski definition) is 1. The zero-order chi connectivity index (χ0) is 15.7. The molecule has 0 saturated carbocycles. The molecule has 0 amide bonds. The Morgan fingerprint density at radius 2 is 1.52 bits per heavy atom. The van der Waals surface area contributed by atoms with Gasteiger partial charge in [0.2, 0.25) is 0 Å². The van der Waals surface area contributed by atoms with Gasteiger partial charge in [-0.3, -0.25) is 0 Å². The molecule has 0 aliphatic heterocycles. The van der Waals surface area contributed by atoms with Crippen LogP contribution in [0.1, 0.15) is 39.8 Å². The first-order chi connectivity index (χ1) is 9.90. The first-order valence-electron chi connectivity index (χ1n) is 6.95. The van der Waals surface area contributed by atoms with Gasteiger partial charge in [0.25, 0.3) is 0 Å². The van der Waals surface area contributed by atoms with Crippen molar-refractivity contribution >= 4 is 0 Å². The fourth-order valence-corrected chi connectivity index (χ4v) is 2.75. The predicted octanol–water partition coefficient (Wildman–Crippen LogP) is 3.58. The molecule has 1 atom stereocenters. The zero-order valence-electron chi connectivity index (χ0n) is 13.5. The maximum absolute atomic E-state index is 6.49. The molecule has 1 heterocycles. The van der Waals surface area contributed by atoms with Gasteiger partial charge in [0, 0.05) is 5.56 Å². The van der Waals surface area contributed by atoms with Crippen LogP contribution in [0, 0.1) is 27.7 Å². The Balaban J connectivity index is 2.55. The average molecular weight is 289 g/mol. The Bertz CT molecular complexity index is 659. The largest absolute Gasteiger partial charge is 0.493 e. The van der Waals surface area contributed by atoms with Crippen LogP contribution in [-0.4, -0.2) is 14.2 Å². The normalized spacial score (nSPS) is 12.3. The molecule has 114 valence electrons. The molecule has 1 unspecified atom stereocenters. The monoisotopic (exact) mass is 289 g/mol. The third-order valence-corrected chi connectivity index (χ3v) is 4.04. The van der Waals surface area contributed by atoms with Crippen molar-refractivity contribution in [2.24, 2.45) is 5.73 Å². The predicted molar refractivity (Wildman–Crippen MR) is 83.2 cm³/mol. The second kappa shape index (κ2) is 5.82. The molecule has 0 fully saturated rings. The molecule has 4 heteroatoms. The quantitative estimate of drug-likeness (QED) is 0.934. The highest BCUT2D eigenvalue weighted by molar-refractivity contribution is 5.51. The molecule has 1 aromatic heterocycles. The van der Waals surface area contributed by atoms with E-state index in [2.05, 4.69) is 0 Å². The molecule has 2 N–H and O–H groups in total. The summed E-state index contributed by atoms with van der Waals surface area (Å²) >= 11 is 0. The lowest BCUT2D eigenvalue weighted by Gasteiger charge is -2.18. The highest BCUT2D eigenvalue weighted by Crippen LogP contribution is 2.36. The number of hydrogen-bond acceptors (Lipinski definition) is 4. The maximum atomic E-state index is 6.49. The molecule has 2 aromatic rings. The Hall–Kier alpha value is -1.94. The summed E-state index contributed by atoms with van der Waals surface area (Å²) in [6.07, 6.45) is 0. The molecule has 1 aromatic carbocycles. The van der Waals surface area contributed by atoms with Crippen molar-refractivity contribution in [1.82, 2.24) is 0 Å². The maximum Gasteiger partial charge on any atom is 0.161 e. The molecule has 0 aliphatic rings. The van der Waals surface area contributed by atoms with Crippen molar-refractivity contribution in [2.45, 2.75) is 33.7 Å². The van der Waals surface area contributed by atoms with Crippen LogP contribution < -0.4 is 15.2 Å². The van der Waals surface area contributed by atoms with Gasteiger partial charge in [0.05, 0.1) is 20.3 Å². The van der Waals surface area contributed by atoms with E-state index in [1.807, 2.05) is 39.8 Å². The van der Waals surface area contributed by atoms with E-state index in [-0.39, 0.29) is 6.04 Å². The molecule has 2 rings (SSSR count). The number of ether oxygens (including phenoxy) is 2. The first kappa shape index (κ1) is 15.4. The van der Waals surface area contributed by atoms with Crippen LogP contribution in [0.5, 0.6) is 11.5 Å². The van der Waals surface area contributed by atoms with Crippen molar-refractivity contribution in [3.05, 3.63) is 45.9 Å². The van der Waals surface area contributed by atoms with Crippen LogP contribution in [-0.2, 0) is 0 Å². The average Bonchev–Trinajstić information content (AvgIpc) is 2.71. The van der Waals surface area contributed by atoms with Gasteiger partial charge in [-0.1, -0.05) is 0 Å². The number of methoxy groups -OCH3 is 2. The van der Waals surface area contributed by atoms with Crippen LogP contribution in [0.15, 0.2) is 16.5 Å². The molecular weight excluding hydrogens is 266 g/mol. The standard InChI is InChI=1S/C17H23NO3/c1-9-7-14(19-5)15(20-6)8-13(9)17(18)16-10(2)11(3)21-12(16)4/h7-8,17H,18H2,1-6H3. The van der Waals surface area contributed by atoms with Crippen LogP contribution in [0.2, 0.25) is 0 Å². The molecule has 4 nitrogen and oxygen atoms in total. The molecule has 0 saturated heterocycles. The van der Waals surface area contributed by atoms with E-state index >= 15 is 0 Å². The molecular formula is C17H23NO3. The highest BCUT2D eigenvalue weighted by atomic mass is 16.5. The lowest BCUT2D eigenvalue weighted by Crippen LogP contribution is -2.15. The van der Waals surface area contributed by atoms with Gasteiger partial charge in [0.15, 0.2) is 11.5 Å². The first-order valence-corrected chi connectivity index (χ1v) is 6.95. The van der Waals surface area contributed by atoms with Crippen molar-refractivity contribution in [2.75, 3.05) is 14.2 Å². The zero-order valence-corrected chi connectivity index (χ0v) is 13.5. The molecule has 21 heavy (non-hydrogen) atoms. The minimum Gasteiger partial charge on any atom is -0.493 e. The summed E-state index contributed by atoms with van der Waals surface area (Å²) in [7, 11) is 3.26. The lowest BCUT2D eigenvalue weighted by molar-refractivity contribution is 0.354. The summed E-state index contributed by atoms with van der Waals surface area (Å²) in [5.74, 6) is 3.18. The molecule has 0 bridgehead atoms. The van der Waals surface area contributed by atoms with Crippen LogP contribution in [0.3, 0.4) is 0 Å². The summed E-state index contributed by atoms with van der Waals surface area (Å²) in [6.45, 7) is 7.97. The van der Waals surface area contributed by atoms with Gasteiger partial charge in [-0.15, -0.1) is 0 Å². The van der Waals surface area contributed by atoms with Gasteiger partial charge in [-0.05, 0) is 56.5 Å². The number of furan rings is 1. The van der Waals surface area contributed by atoms with Gasteiger partial charge >= 0.3 is 0 Å². The van der Waals surface area contributed by atoms with E-state index < -0.39 is 0 Å². The SMILES string of the molecule is COc1cc(C)c(C(N)c2c(C)oc(C)c2C)cc1OC. The van der Waals surface area contributed by atoms with Crippen molar-refractivity contribution < 1.29 is 13.9 Å². The van der Waals surface area contributed by atoms with Gasteiger partial charge in [-0.2, -0.15) is 0 Å². The summed E-state index contributed by atoms with van der Waals surface area (Å²) in [4.78, 5) is 0. The summed E-state index contributed by atoms with van der Waals surface area (Å²) in [5, 5.41) is 0. The Morgan fingerprint density at radius 1 is 0.952 bits per heavy atom. The second-order valence-electron chi connectivity index (χ2n) is 5.29. The van der Waals surface area contributed by atoms with Crippen LogP contribution in [0.25, 0.3) is 0 Å². The topological polar surface area (TPSA) is 57.6 Å². The lowest BCUT2D eigenvalue weighted by atomic mass is 9.93. The smallest absolute Gasteiger partial charge is 0.161 e. The second-order valence-corrected chi connectivity index (χ2v) is 5.29. The summed E-state index contributed by atoms with van der Waals surface area (Å²) in [5.41, 5.74) is 10.7. The Kier molecular flexibility index (Phi) is 4.28. The number of aryl methyl sites for hydroxylation is 3. The third kappa shape index (κ3) is 2.63. The van der Waals surface area contributed by atoms with Crippen molar-refractivity contribution in [3.8, 4) is 11.5 Å². The van der Waals surface area contributed by atoms with E-state index in [0.29, 0.717) is 11.5 Å². The summed E-state index contributed by atoms with van der Waals surface area (Å²) in [6, 6.07) is 3.65. The fraction of sp³-hybridized carbons (Fsp3) is 0.412. The van der Waals surface area contributed by atoms with Gasteiger partial charge in [0.1, 0.15) is 11.5 Å². The van der Waals surface area contributed by atoms with E-state index in [1.54, 1.807) is 14.2 Å². The minimum atomic E-state index is -0.248. The van der Waals surface area contributed by atoms with Gasteiger partial charge < -0.3 is 19.6 Å². The highest BCUT2D eigenvalue weighted by Gasteiger charge is 2.22. The Labute approximate surface area is 125 Å². The minimum absolute atomic E-state index is 0.248. The molecule has 0 aliphatic carbocycles.